The highest BCUT2D eigenvalue weighted by Gasteiger charge is 1.90. The molecule has 0 aliphatic heterocycles. The fourth-order valence-corrected chi connectivity index (χ4v) is 0.652. The van der Waals surface area contributed by atoms with Crippen LogP contribution in [0.2, 0.25) is 0 Å². The summed E-state index contributed by atoms with van der Waals surface area (Å²) in [6.07, 6.45) is 1.71. The van der Waals surface area contributed by atoms with Gasteiger partial charge in [0, 0.05) is 18.8 Å². The first kappa shape index (κ1) is 10.2. The molecule has 1 heterocycles. The average molecular weight is 175 g/mol. The number of nitrogens with two attached hydrogens (primary N) is 1. The number of rotatable bonds is 2. The Hall–Kier alpha value is -0.800. The third kappa shape index (κ3) is 2.74. The van der Waals surface area contributed by atoms with Crippen LogP contribution in [0.5, 0.6) is 5.88 Å². The van der Waals surface area contributed by atoms with Gasteiger partial charge in [0.25, 0.3) is 0 Å². The molecule has 0 saturated heterocycles. The van der Waals surface area contributed by atoms with Gasteiger partial charge in [0.05, 0.1) is 7.11 Å². The molecule has 0 radical (unpaired) electrons. The van der Waals surface area contributed by atoms with Gasteiger partial charge < -0.3 is 10.5 Å². The molecule has 0 fully saturated rings. The second kappa shape index (κ2) is 4.93. The lowest BCUT2D eigenvalue weighted by Gasteiger charge is -1.98. The van der Waals surface area contributed by atoms with Gasteiger partial charge in [-0.3, -0.25) is 0 Å². The molecule has 0 atom stereocenters. The standard InChI is InChI=1S/C7H10N2O.ClH/c1-10-7-3-2-6(4-8)5-9-7;/h2-3,5H,4,8H2,1H3;1H. The van der Waals surface area contributed by atoms with Crippen molar-refractivity contribution in [3.05, 3.63) is 23.9 Å². The second-order valence-electron chi connectivity index (χ2n) is 1.91. The summed E-state index contributed by atoms with van der Waals surface area (Å²) < 4.78 is 4.86. The van der Waals surface area contributed by atoms with Crippen LogP contribution in [0.3, 0.4) is 0 Å². The normalized spacial score (nSPS) is 8.55. The zero-order chi connectivity index (χ0) is 7.40. The Morgan fingerprint density at radius 3 is 2.64 bits per heavy atom. The summed E-state index contributed by atoms with van der Waals surface area (Å²) >= 11 is 0. The number of pyridine rings is 1. The van der Waals surface area contributed by atoms with Crippen molar-refractivity contribution in [1.29, 1.82) is 0 Å². The molecule has 0 spiro atoms. The number of hydrogen-bond acceptors (Lipinski definition) is 3. The number of hydrogen-bond donors (Lipinski definition) is 1. The zero-order valence-electron chi connectivity index (χ0n) is 6.28. The lowest BCUT2D eigenvalue weighted by molar-refractivity contribution is 0.397. The monoisotopic (exact) mass is 174 g/mol. The van der Waals surface area contributed by atoms with E-state index in [1.165, 1.54) is 0 Å². The maximum absolute atomic E-state index is 5.36. The average Bonchev–Trinajstić information content (AvgIpc) is 2.05. The lowest BCUT2D eigenvalue weighted by Crippen LogP contribution is -1.97. The van der Waals surface area contributed by atoms with E-state index in [0.29, 0.717) is 12.4 Å². The molecule has 3 nitrogen and oxygen atoms in total. The quantitative estimate of drug-likeness (QED) is 0.727. The third-order valence-corrected chi connectivity index (χ3v) is 1.24. The van der Waals surface area contributed by atoms with Crippen molar-refractivity contribution >= 4 is 12.4 Å². The fraction of sp³-hybridized carbons (Fsp3) is 0.286. The Kier molecular flexibility index (Phi) is 4.57. The largest absolute Gasteiger partial charge is 0.481 e. The van der Waals surface area contributed by atoms with Crippen LogP contribution < -0.4 is 10.5 Å². The van der Waals surface area contributed by atoms with Crippen molar-refractivity contribution in [3.63, 3.8) is 0 Å². The molecular weight excluding hydrogens is 164 g/mol. The summed E-state index contributed by atoms with van der Waals surface area (Å²) in [5, 5.41) is 0. The number of aromatic nitrogens is 1. The van der Waals surface area contributed by atoms with Crippen LogP contribution in [-0.2, 0) is 6.54 Å². The molecule has 1 aromatic rings. The van der Waals surface area contributed by atoms with E-state index >= 15 is 0 Å². The van der Waals surface area contributed by atoms with Crippen LogP contribution in [0.4, 0.5) is 0 Å². The Bertz CT molecular complexity index is 177. The van der Waals surface area contributed by atoms with Crippen molar-refractivity contribution in [1.82, 2.24) is 4.98 Å². The fourth-order valence-electron chi connectivity index (χ4n) is 0.652. The summed E-state index contributed by atoms with van der Waals surface area (Å²) in [7, 11) is 1.59. The van der Waals surface area contributed by atoms with Crippen LogP contribution in [0.25, 0.3) is 0 Å². The van der Waals surface area contributed by atoms with Crippen LogP contribution in [0.1, 0.15) is 5.56 Å². The molecule has 1 aromatic heterocycles. The Balaban J connectivity index is 0.000001000. The molecule has 4 heteroatoms. The van der Waals surface area contributed by atoms with Crippen LogP contribution in [0.15, 0.2) is 18.3 Å². The molecule has 62 valence electrons. The molecule has 0 amide bonds. The number of nitrogens with zero attached hydrogens (tertiary/aromatic N) is 1. The van der Waals surface area contributed by atoms with Gasteiger partial charge in [-0.25, -0.2) is 4.98 Å². The van der Waals surface area contributed by atoms with E-state index in [1.807, 2.05) is 6.07 Å². The number of ether oxygens (including phenoxy) is 1. The van der Waals surface area contributed by atoms with Gasteiger partial charge in [0.1, 0.15) is 0 Å². The topological polar surface area (TPSA) is 48.1 Å². The van der Waals surface area contributed by atoms with Crippen LogP contribution in [-0.4, -0.2) is 12.1 Å². The maximum Gasteiger partial charge on any atom is 0.212 e. The van der Waals surface area contributed by atoms with Gasteiger partial charge in [-0.15, -0.1) is 12.4 Å². The van der Waals surface area contributed by atoms with Crippen molar-refractivity contribution in [2.24, 2.45) is 5.73 Å². The van der Waals surface area contributed by atoms with Crippen molar-refractivity contribution in [2.45, 2.75) is 6.54 Å². The lowest BCUT2D eigenvalue weighted by atomic mass is 10.3. The molecule has 0 aliphatic rings. The minimum absolute atomic E-state index is 0. The van der Waals surface area contributed by atoms with Crippen LogP contribution >= 0.6 is 12.4 Å². The van der Waals surface area contributed by atoms with E-state index in [0.717, 1.165) is 5.56 Å². The summed E-state index contributed by atoms with van der Waals surface area (Å²) in [6, 6.07) is 3.69. The van der Waals surface area contributed by atoms with E-state index in [-0.39, 0.29) is 12.4 Å². The van der Waals surface area contributed by atoms with Crippen LogP contribution in [0, 0.1) is 0 Å². The molecule has 11 heavy (non-hydrogen) atoms. The predicted molar refractivity (Wildman–Crippen MR) is 45.9 cm³/mol. The highest BCUT2D eigenvalue weighted by atomic mass is 35.5. The molecule has 0 unspecified atom stereocenters. The minimum atomic E-state index is 0. The summed E-state index contributed by atoms with van der Waals surface area (Å²) in [5.41, 5.74) is 6.38. The van der Waals surface area contributed by atoms with E-state index < -0.39 is 0 Å². The highest BCUT2D eigenvalue weighted by Crippen LogP contribution is 2.04. The van der Waals surface area contributed by atoms with Gasteiger partial charge in [0.2, 0.25) is 5.88 Å². The summed E-state index contributed by atoms with van der Waals surface area (Å²) in [4.78, 5) is 3.97. The third-order valence-electron chi connectivity index (χ3n) is 1.24. The van der Waals surface area contributed by atoms with Crippen molar-refractivity contribution < 1.29 is 4.74 Å². The van der Waals surface area contributed by atoms with Crippen molar-refractivity contribution in [2.75, 3.05) is 7.11 Å². The number of halogens is 1. The van der Waals surface area contributed by atoms with Crippen molar-refractivity contribution in [3.8, 4) is 5.88 Å². The first-order valence-electron chi connectivity index (χ1n) is 3.06. The first-order valence-corrected chi connectivity index (χ1v) is 3.06. The van der Waals surface area contributed by atoms with Gasteiger partial charge in [-0.1, -0.05) is 6.07 Å². The molecule has 0 aliphatic carbocycles. The molecule has 0 aromatic carbocycles. The summed E-state index contributed by atoms with van der Waals surface area (Å²) in [5.74, 6) is 0.622. The molecule has 0 saturated carbocycles. The summed E-state index contributed by atoms with van der Waals surface area (Å²) in [6.45, 7) is 0.525. The molecular formula is C7H11ClN2O. The Morgan fingerprint density at radius 1 is 1.55 bits per heavy atom. The Morgan fingerprint density at radius 2 is 2.27 bits per heavy atom. The maximum atomic E-state index is 5.36. The van der Waals surface area contributed by atoms with E-state index in [4.69, 9.17) is 10.5 Å². The predicted octanol–water partition coefficient (Wildman–Crippen LogP) is 0.971. The van der Waals surface area contributed by atoms with E-state index in [1.54, 1.807) is 19.4 Å². The SMILES string of the molecule is COc1ccc(CN)cn1.Cl. The zero-order valence-corrected chi connectivity index (χ0v) is 7.10. The molecule has 2 N–H and O–H groups in total. The highest BCUT2D eigenvalue weighted by molar-refractivity contribution is 5.85. The van der Waals surface area contributed by atoms with E-state index in [2.05, 4.69) is 4.98 Å². The number of methoxy groups -OCH3 is 1. The first-order chi connectivity index (χ1) is 4.86. The van der Waals surface area contributed by atoms with E-state index in [9.17, 15) is 0 Å². The van der Waals surface area contributed by atoms with Gasteiger partial charge in [-0.05, 0) is 5.56 Å². The second-order valence-corrected chi connectivity index (χ2v) is 1.91. The Labute approximate surface area is 72.0 Å². The van der Waals surface area contributed by atoms with Gasteiger partial charge >= 0.3 is 0 Å². The van der Waals surface area contributed by atoms with Gasteiger partial charge in [-0.2, -0.15) is 0 Å². The minimum Gasteiger partial charge on any atom is -0.481 e. The molecule has 0 bridgehead atoms. The smallest absolute Gasteiger partial charge is 0.212 e. The molecule has 1 rings (SSSR count). The van der Waals surface area contributed by atoms with Gasteiger partial charge in [0.15, 0.2) is 0 Å².